The molecule has 7 saturated heterocycles. The Morgan fingerprint density at radius 3 is 0.920 bits per heavy atom. The van der Waals surface area contributed by atoms with Crippen molar-refractivity contribution < 1.29 is 4.74 Å². The summed E-state index contributed by atoms with van der Waals surface area (Å²) in [4.78, 5) is 22.5. The van der Waals surface area contributed by atoms with Gasteiger partial charge in [0.1, 0.15) is 0 Å². The second-order valence-corrected chi connectivity index (χ2v) is 16.2. The molecule has 8 heterocycles. The van der Waals surface area contributed by atoms with Crippen LogP contribution < -0.4 is 0 Å². The van der Waals surface area contributed by atoms with E-state index >= 15 is 0 Å². The van der Waals surface area contributed by atoms with Crippen LogP contribution >= 0.6 is 11.8 Å². The van der Waals surface area contributed by atoms with E-state index in [0.29, 0.717) is 0 Å². The molecule has 1 aromatic heterocycles. The highest BCUT2D eigenvalue weighted by atomic mass is 32.2. The predicted octanol–water partition coefficient (Wildman–Crippen LogP) is 2.96. The van der Waals surface area contributed by atoms with Gasteiger partial charge in [-0.2, -0.15) is 11.8 Å². The highest BCUT2D eigenvalue weighted by Gasteiger charge is 2.09. The molecule has 0 amide bonds. The Hall–Kier alpha value is -0.800. The Morgan fingerprint density at radius 2 is 0.740 bits per heavy atom. The molecule has 7 fully saturated rings. The summed E-state index contributed by atoms with van der Waals surface area (Å²) < 4.78 is 6.99. The molecule has 296 valence electrons. The fourth-order valence-corrected chi connectivity index (χ4v) is 6.13. The predicted molar refractivity (Wildman–Crippen MR) is 219 cm³/mol. The van der Waals surface area contributed by atoms with Gasteiger partial charge in [-0.1, -0.05) is 6.42 Å². The van der Waals surface area contributed by atoms with Crippen LogP contribution in [0.5, 0.6) is 0 Å². The molecule has 0 radical (unpaired) electrons. The number of nitrogens with zero attached hydrogens (tertiary/aromatic N) is 10. The van der Waals surface area contributed by atoms with Crippen LogP contribution in [0.2, 0.25) is 0 Å². The van der Waals surface area contributed by atoms with Gasteiger partial charge in [-0.3, -0.25) is 0 Å². The number of thioether (sulfide) groups is 1. The molecule has 12 heteroatoms. The van der Waals surface area contributed by atoms with Crippen LogP contribution in [-0.2, 0) is 11.8 Å². The summed E-state index contributed by atoms with van der Waals surface area (Å²) in [6, 6.07) is 0. The van der Waals surface area contributed by atoms with Crippen molar-refractivity contribution in [3.8, 4) is 0 Å². The molecule has 50 heavy (non-hydrogen) atoms. The first-order valence-electron chi connectivity index (χ1n) is 19.6. The maximum absolute atomic E-state index is 5.10. The lowest BCUT2D eigenvalue weighted by Crippen LogP contribution is -2.42. The molecule has 1 aromatic rings. The van der Waals surface area contributed by atoms with Crippen molar-refractivity contribution in [2.45, 2.75) is 38.5 Å². The van der Waals surface area contributed by atoms with Crippen molar-refractivity contribution in [2.24, 2.45) is 7.05 Å². The summed E-state index contributed by atoms with van der Waals surface area (Å²) in [5.74, 6) is 2.66. The molecule has 0 unspecified atom stereocenters. The van der Waals surface area contributed by atoms with Gasteiger partial charge < -0.3 is 48.5 Å². The number of piperazine rings is 1. The minimum Gasteiger partial charge on any atom is -0.379 e. The van der Waals surface area contributed by atoms with E-state index in [0.717, 1.165) is 26.3 Å². The van der Waals surface area contributed by atoms with Gasteiger partial charge in [0.25, 0.3) is 0 Å². The summed E-state index contributed by atoms with van der Waals surface area (Å²) in [5.41, 5.74) is 0. The van der Waals surface area contributed by atoms with Crippen molar-refractivity contribution in [1.29, 1.82) is 0 Å². The summed E-state index contributed by atoms with van der Waals surface area (Å²) in [6.45, 7) is 22.1. The molecule has 7 aliphatic rings. The minimum atomic E-state index is 0.913. The molecule has 8 rings (SSSR count). The number of rotatable bonds is 0. The number of likely N-dealkylation sites (N-methyl/N-ethyl adjacent to an activating group) is 4. The summed E-state index contributed by atoms with van der Waals surface area (Å²) in [6.07, 6.45) is 13.9. The number of imidazole rings is 1. The number of ether oxygens (including phenoxy) is 1. The number of piperidine rings is 1. The third kappa shape index (κ3) is 31.9. The van der Waals surface area contributed by atoms with Gasteiger partial charge in [0, 0.05) is 96.4 Å². The number of hydrogen-bond acceptors (Lipinski definition) is 11. The first-order valence-corrected chi connectivity index (χ1v) is 20.8. The average Bonchev–Trinajstić information content (AvgIpc) is 3.48. The number of aryl methyl sites for hydroxylation is 1. The number of aromatic nitrogens is 2. The van der Waals surface area contributed by atoms with Crippen LogP contribution in [0.25, 0.3) is 0 Å². The first kappa shape index (κ1) is 47.2. The Bertz CT molecular complexity index is 766. The van der Waals surface area contributed by atoms with E-state index in [1.54, 1.807) is 12.5 Å². The van der Waals surface area contributed by atoms with E-state index < -0.39 is 0 Å². The van der Waals surface area contributed by atoms with Gasteiger partial charge in [-0.25, -0.2) is 4.98 Å². The Balaban J connectivity index is 0.000000287. The van der Waals surface area contributed by atoms with E-state index in [4.69, 9.17) is 4.74 Å². The zero-order chi connectivity index (χ0) is 36.8. The maximum atomic E-state index is 5.10. The molecular formula is C38H82N10OS. The number of likely N-dealkylation sites (tertiary alicyclic amines) is 3. The lowest BCUT2D eigenvalue weighted by atomic mass is 10.1. The van der Waals surface area contributed by atoms with Crippen molar-refractivity contribution >= 4 is 11.8 Å². The third-order valence-electron chi connectivity index (χ3n) is 9.49. The van der Waals surface area contributed by atoms with Crippen LogP contribution in [0.4, 0.5) is 0 Å². The van der Waals surface area contributed by atoms with Gasteiger partial charge in [0.15, 0.2) is 0 Å². The standard InChI is InChI=1S/C6H14N2.C6H13N.C5H11NO.C5H11NS.C5H11N.C4H6N2.C4H9N.C3H7N/c1-7-3-5-8(2)6-4-7;1-7-5-3-2-4-6-7;2*1-6-2-4-7-5-3-6;1-6-4-2-3-5-6;1-6-3-2-5-4-6;1-5-3-2-4-5;1-4-2-3-4/h3-6H2,1-2H3;2-6H2,1H3;2*2-5H2,1H3;2-5H2,1H3;2-4H,1H3;2-4H2,1H3;2-3H2,1H3. The van der Waals surface area contributed by atoms with Crippen LogP contribution in [-0.4, -0.2) is 235 Å². The molecule has 0 bridgehead atoms. The average molecular weight is 727 g/mol. The third-order valence-corrected chi connectivity index (χ3v) is 10.4. The minimum absolute atomic E-state index is 0.913. The van der Waals surface area contributed by atoms with Gasteiger partial charge in [0.05, 0.1) is 19.5 Å². The smallest absolute Gasteiger partial charge is 0.0943 e. The van der Waals surface area contributed by atoms with E-state index in [2.05, 4.69) is 112 Å². The second-order valence-electron chi connectivity index (χ2n) is 15.0. The summed E-state index contributed by atoms with van der Waals surface area (Å²) in [7, 11) is 19.2. The molecule has 0 N–H and O–H groups in total. The zero-order valence-electron chi connectivity index (χ0n) is 34.4. The van der Waals surface area contributed by atoms with E-state index in [-0.39, 0.29) is 0 Å². The molecule has 0 spiro atoms. The van der Waals surface area contributed by atoms with Crippen LogP contribution in [0.1, 0.15) is 38.5 Å². The fourth-order valence-electron chi connectivity index (χ4n) is 5.04. The monoisotopic (exact) mass is 727 g/mol. The Morgan fingerprint density at radius 1 is 0.400 bits per heavy atom. The molecule has 0 aromatic carbocycles. The summed E-state index contributed by atoms with van der Waals surface area (Å²) >= 11 is 2.06. The Labute approximate surface area is 314 Å². The number of hydrogen-bond donors (Lipinski definition) is 0. The van der Waals surface area contributed by atoms with Gasteiger partial charge in [-0.05, 0) is 128 Å². The van der Waals surface area contributed by atoms with Crippen molar-refractivity contribution in [1.82, 2.24) is 48.8 Å². The van der Waals surface area contributed by atoms with Crippen molar-refractivity contribution in [2.75, 3.05) is 186 Å². The highest BCUT2D eigenvalue weighted by Crippen LogP contribution is 2.06. The summed E-state index contributed by atoms with van der Waals surface area (Å²) in [5, 5.41) is 0. The van der Waals surface area contributed by atoms with Gasteiger partial charge in [-0.15, -0.1) is 0 Å². The lowest BCUT2D eigenvalue weighted by molar-refractivity contribution is 0.0503. The van der Waals surface area contributed by atoms with Crippen LogP contribution in [0.3, 0.4) is 0 Å². The van der Waals surface area contributed by atoms with Crippen molar-refractivity contribution in [3.63, 3.8) is 0 Å². The van der Waals surface area contributed by atoms with Crippen molar-refractivity contribution in [3.05, 3.63) is 18.7 Å². The molecule has 0 saturated carbocycles. The topological polar surface area (TPSA) is 52.7 Å². The fraction of sp³-hybridized carbons (Fsp3) is 0.921. The number of morpholine rings is 1. The SMILES string of the molecule is CN1CC1.CN1CCC1.CN1CCCC1.CN1CCCCC1.CN1CCN(C)CC1.CN1CCOCC1.CN1CCSCC1.Cn1ccnc1. The molecule has 0 aliphatic carbocycles. The van der Waals surface area contributed by atoms with Crippen LogP contribution in [0.15, 0.2) is 18.7 Å². The van der Waals surface area contributed by atoms with Gasteiger partial charge in [0.2, 0.25) is 0 Å². The van der Waals surface area contributed by atoms with E-state index in [1.165, 1.54) is 142 Å². The molecule has 7 aliphatic heterocycles. The Kier molecular flexibility index (Phi) is 29.9. The van der Waals surface area contributed by atoms with Crippen LogP contribution in [0, 0.1) is 0 Å². The maximum Gasteiger partial charge on any atom is 0.0943 e. The quantitative estimate of drug-likeness (QED) is 0.372. The van der Waals surface area contributed by atoms with E-state index in [1.807, 2.05) is 17.8 Å². The second kappa shape index (κ2) is 31.7. The normalized spacial score (nSPS) is 23.6. The van der Waals surface area contributed by atoms with Gasteiger partial charge >= 0.3 is 0 Å². The molecule has 0 atom stereocenters. The zero-order valence-corrected chi connectivity index (χ0v) is 35.2. The largest absolute Gasteiger partial charge is 0.379 e. The first-order chi connectivity index (χ1) is 24.0. The van der Waals surface area contributed by atoms with E-state index in [9.17, 15) is 0 Å². The molecule has 11 nitrogen and oxygen atoms in total. The molecular weight excluding hydrogens is 645 g/mol. The highest BCUT2D eigenvalue weighted by molar-refractivity contribution is 7.99. The lowest BCUT2D eigenvalue weighted by Gasteiger charge is -2.28.